The van der Waals surface area contributed by atoms with Crippen molar-refractivity contribution in [2.45, 2.75) is 26.3 Å². The molecule has 0 aliphatic heterocycles. The lowest BCUT2D eigenvalue weighted by molar-refractivity contribution is 0.0752. The first-order chi connectivity index (χ1) is 8.99. The van der Waals surface area contributed by atoms with E-state index in [9.17, 15) is 4.79 Å². The van der Waals surface area contributed by atoms with Crippen molar-refractivity contribution in [1.82, 2.24) is 4.90 Å². The number of amides is 1. The van der Waals surface area contributed by atoms with E-state index in [2.05, 4.69) is 6.07 Å². The molecule has 0 saturated heterocycles. The Hall–Kier alpha value is -2.02. The standard InChI is InChI=1S/C15H20N2O2/c1-11(2)9-13(10-16)17(3)15(18)12-5-7-14(19-4)8-6-12/h5-8,11,13H,9H2,1-4H3. The van der Waals surface area contributed by atoms with E-state index in [1.54, 1.807) is 38.4 Å². The number of benzene rings is 1. The summed E-state index contributed by atoms with van der Waals surface area (Å²) in [6.45, 7) is 4.08. The summed E-state index contributed by atoms with van der Waals surface area (Å²) in [5.41, 5.74) is 0.562. The molecule has 19 heavy (non-hydrogen) atoms. The molecule has 4 heteroatoms. The van der Waals surface area contributed by atoms with Gasteiger partial charge in [0.25, 0.3) is 5.91 Å². The molecule has 0 aliphatic rings. The maximum absolute atomic E-state index is 12.3. The molecule has 0 aromatic heterocycles. The average molecular weight is 260 g/mol. The lowest BCUT2D eigenvalue weighted by Gasteiger charge is -2.24. The number of ether oxygens (including phenoxy) is 1. The Morgan fingerprint density at radius 2 is 1.95 bits per heavy atom. The van der Waals surface area contributed by atoms with E-state index in [1.165, 1.54) is 4.90 Å². The first-order valence-corrected chi connectivity index (χ1v) is 6.30. The fraction of sp³-hybridized carbons (Fsp3) is 0.467. The zero-order valence-electron chi connectivity index (χ0n) is 11.9. The minimum atomic E-state index is -0.394. The molecule has 0 heterocycles. The molecule has 1 aromatic rings. The number of rotatable bonds is 5. The maximum Gasteiger partial charge on any atom is 0.254 e. The smallest absolute Gasteiger partial charge is 0.254 e. The Balaban J connectivity index is 2.82. The first-order valence-electron chi connectivity index (χ1n) is 6.30. The number of nitrogens with zero attached hydrogens (tertiary/aromatic N) is 2. The van der Waals surface area contributed by atoms with E-state index in [4.69, 9.17) is 10.00 Å². The largest absolute Gasteiger partial charge is 0.497 e. The Kier molecular flexibility index (Phi) is 5.37. The molecule has 1 aromatic carbocycles. The normalized spacial score (nSPS) is 11.8. The quantitative estimate of drug-likeness (QED) is 0.818. The number of carbonyl (C=O) groups is 1. The second-order valence-electron chi connectivity index (χ2n) is 4.92. The Labute approximate surface area is 114 Å². The van der Waals surface area contributed by atoms with E-state index in [1.807, 2.05) is 13.8 Å². The molecule has 0 spiro atoms. The number of methoxy groups -OCH3 is 1. The number of hydrogen-bond donors (Lipinski definition) is 0. The Bertz CT molecular complexity index is 460. The predicted molar refractivity (Wildman–Crippen MR) is 73.9 cm³/mol. The van der Waals surface area contributed by atoms with Crippen LogP contribution in [0.25, 0.3) is 0 Å². The van der Waals surface area contributed by atoms with Gasteiger partial charge in [0.05, 0.1) is 13.2 Å². The molecule has 102 valence electrons. The topological polar surface area (TPSA) is 53.3 Å². The second kappa shape index (κ2) is 6.79. The van der Waals surface area contributed by atoms with Crippen molar-refractivity contribution in [1.29, 1.82) is 5.26 Å². The van der Waals surface area contributed by atoms with Gasteiger partial charge in [0.15, 0.2) is 0 Å². The van der Waals surface area contributed by atoms with Gasteiger partial charge in [-0.05, 0) is 36.6 Å². The highest BCUT2D eigenvalue weighted by Gasteiger charge is 2.21. The maximum atomic E-state index is 12.3. The van der Waals surface area contributed by atoms with Crippen LogP contribution in [0.3, 0.4) is 0 Å². The number of nitriles is 1. The van der Waals surface area contributed by atoms with Crippen molar-refractivity contribution in [3.8, 4) is 11.8 Å². The summed E-state index contributed by atoms with van der Waals surface area (Å²) in [5.74, 6) is 0.934. The van der Waals surface area contributed by atoms with Gasteiger partial charge < -0.3 is 9.64 Å². The predicted octanol–water partition coefficient (Wildman–Crippen LogP) is 2.71. The van der Waals surface area contributed by atoms with Gasteiger partial charge in [-0.15, -0.1) is 0 Å². The van der Waals surface area contributed by atoms with Gasteiger partial charge in [-0.2, -0.15) is 5.26 Å². The van der Waals surface area contributed by atoms with Crippen LogP contribution in [0, 0.1) is 17.2 Å². The van der Waals surface area contributed by atoms with Gasteiger partial charge in [-0.25, -0.2) is 0 Å². The van der Waals surface area contributed by atoms with Crippen LogP contribution in [0.2, 0.25) is 0 Å². The molecular formula is C15H20N2O2. The van der Waals surface area contributed by atoms with Gasteiger partial charge in [-0.3, -0.25) is 4.79 Å². The zero-order valence-corrected chi connectivity index (χ0v) is 11.9. The van der Waals surface area contributed by atoms with E-state index >= 15 is 0 Å². The molecule has 0 aliphatic carbocycles. The average Bonchev–Trinajstić information content (AvgIpc) is 2.43. The van der Waals surface area contributed by atoms with Crippen LogP contribution in [0.1, 0.15) is 30.6 Å². The van der Waals surface area contributed by atoms with Gasteiger partial charge in [0, 0.05) is 12.6 Å². The molecule has 1 unspecified atom stereocenters. The van der Waals surface area contributed by atoms with Crippen molar-refractivity contribution in [3.63, 3.8) is 0 Å². The molecule has 4 nitrogen and oxygen atoms in total. The van der Waals surface area contributed by atoms with Crippen molar-refractivity contribution in [2.24, 2.45) is 5.92 Å². The van der Waals surface area contributed by atoms with Crippen LogP contribution >= 0.6 is 0 Å². The summed E-state index contributed by atoms with van der Waals surface area (Å²) in [6.07, 6.45) is 0.675. The van der Waals surface area contributed by atoms with E-state index in [0.717, 1.165) is 0 Å². The fourth-order valence-electron chi connectivity index (χ4n) is 1.82. The number of hydrogen-bond acceptors (Lipinski definition) is 3. The van der Waals surface area contributed by atoms with Crippen molar-refractivity contribution < 1.29 is 9.53 Å². The fourth-order valence-corrected chi connectivity index (χ4v) is 1.82. The lowest BCUT2D eigenvalue weighted by Crippen LogP contribution is -2.37. The number of carbonyl (C=O) groups excluding carboxylic acids is 1. The van der Waals surface area contributed by atoms with Crippen molar-refractivity contribution >= 4 is 5.91 Å². The molecule has 1 rings (SSSR count). The van der Waals surface area contributed by atoms with Crippen LogP contribution < -0.4 is 4.74 Å². The third kappa shape index (κ3) is 3.99. The van der Waals surface area contributed by atoms with Crippen LogP contribution in [-0.4, -0.2) is 31.0 Å². The molecule has 0 saturated carbocycles. The Morgan fingerprint density at radius 3 is 2.37 bits per heavy atom. The monoisotopic (exact) mass is 260 g/mol. The Morgan fingerprint density at radius 1 is 1.37 bits per heavy atom. The molecule has 1 amide bonds. The lowest BCUT2D eigenvalue weighted by atomic mass is 10.0. The molecule has 0 fully saturated rings. The summed E-state index contributed by atoms with van der Waals surface area (Å²) in [7, 11) is 3.25. The SMILES string of the molecule is COc1ccc(C(=O)N(C)C(C#N)CC(C)C)cc1. The molecule has 0 bridgehead atoms. The van der Waals surface area contributed by atoms with Crippen molar-refractivity contribution in [2.75, 3.05) is 14.2 Å². The summed E-state index contributed by atoms with van der Waals surface area (Å²) in [5, 5.41) is 9.16. The van der Waals surface area contributed by atoms with Crippen LogP contribution in [0.15, 0.2) is 24.3 Å². The summed E-state index contributed by atoms with van der Waals surface area (Å²) < 4.78 is 5.05. The summed E-state index contributed by atoms with van der Waals surface area (Å²) in [4.78, 5) is 13.8. The molecule has 0 N–H and O–H groups in total. The van der Waals surface area contributed by atoms with Gasteiger partial charge in [-0.1, -0.05) is 13.8 Å². The first kappa shape index (κ1) is 15.0. The van der Waals surface area contributed by atoms with Crippen LogP contribution in [0.5, 0.6) is 5.75 Å². The summed E-state index contributed by atoms with van der Waals surface area (Å²) >= 11 is 0. The minimum Gasteiger partial charge on any atom is -0.497 e. The summed E-state index contributed by atoms with van der Waals surface area (Å²) in [6, 6.07) is 8.69. The third-order valence-corrected chi connectivity index (χ3v) is 2.97. The highest BCUT2D eigenvalue weighted by atomic mass is 16.5. The molecule has 0 radical (unpaired) electrons. The van der Waals surface area contributed by atoms with E-state index in [0.29, 0.717) is 23.7 Å². The molecule has 1 atom stereocenters. The van der Waals surface area contributed by atoms with Gasteiger partial charge in [0.1, 0.15) is 11.8 Å². The van der Waals surface area contributed by atoms with Crippen molar-refractivity contribution in [3.05, 3.63) is 29.8 Å². The van der Waals surface area contributed by atoms with Gasteiger partial charge >= 0.3 is 0 Å². The van der Waals surface area contributed by atoms with Gasteiger partial charge in [0.2, 0.25) is 0 Å². The highest BCUT2D eigenvalue weighted by molar-refractivity contribution is 5.94. The molecular weight excluding hydrogens is 240 g/mol. The second-order valence-corrected chi connectivity index (χ2v) is 4.92. The zero-order chi connectivity index (χ0) is 14.4. The van der Waals surface area contributed by atoms with Crippen LogP contribution in [-0.2, 0) is 0 Å². The van der Waals surface area contributed by atoms with Crippen LogP contribution in [0.4, 0.5) is 0 Å². The minimum absolute atomic E-state index is 0.144. The highest BCUT2D eigenvalue weighted by Crippen LogP contribution is 2.16. The third-order valence-electron chi connectivity index (χ3n) is 2.97. The van der Waals surface area contributed by atoms with E-state index in [-0.39, 0.29) is 5.91 Å². The van der Waals surface area contributed by atoms with E-state index < -0.39 is 6.04 Å².